The van der Waals surface area contributed by atoms with E-state index in [2.05, 4.69) is 40.4 Å². The number of benzene rings is 1. The summed E-state index contributed by atoms with van der Waals surface area (Å²) in [5.41, 5.74) is 1.79. The lowest BCUT2D eigenvalue weighted by Crippen LogP contribution is -2.48. The van der Waals surface area contributed by atoms with E-state index in [4.69, 9.17) is 4.52 Å². The minimum absolute atomic E-state index is 0.0194. The summed E-state index contributed by atoms with van der Waals surface area (Å²) in [6.45, 7) is 4.73. The van der Waals surface area contributed by atoms with Crippen LogP contribution in [0.25, 0.3) is 0 Å². The van der Waals surface area contributed by atoms with Crippen LogP contribution in [-0.4, -0.2) is 46.0 Å². The summed E-state index contributed by atoms with van der Waals surface area (Å²) in [6.07, 6.45) is 4.53. The summed E-state index contributed by atoms with van der Waals surface area (Å²) in [4.78, 5) is 17.5. The maximum absolute atomic E-state index is 12.9. The summed E-state index contributed by atoms with van der Waals surface area (Å²) < 4.78 is 5.10. The normalized spacial score (nSPS) is 24.1. The Morgan fingerprint density at radius 1 is 1.16 bits per heavy atom. The topological polar surface area (TPSA) is 49.6 Å². The van der Waals surface area contributed by atoms with Crippen molar-refractivity contribution < 1.29 is 9.32 Å². The van der Waals surface area contributed by atoms with Crippen LogP contribution in [0.1, 0.15) is 47.5 Å². The second-order valence-electron chi connectivity index (χ2n) is 7.20. The zero-order valence-corrected chi connectivity index (χ0v) is 14.7. The van der Waals surface area contributed by atoms with Gasteiger partial charge in [-0.2, -0.15) is 0 Å². The van der Waals surface area contributed by atoms with E-state index >= 15 is 0 Å². The van der Waals surface area contributed by atoms with Crippen molar-refractivity contribution in [1.82, 2.24) is 15.0 Å². The summed E-state index contributed by atoms with van der Waals surface area (Å²) in [5, 5.41) is 3.93. The molecule has 0 aliphatic carbocycles. The molecule has 2 unspecified atom stereocenters. The molecule has 0 spiro atoms. The van der Waals surface area contributed by atoms with Crippen LogP contribution in [0.5, 0.6) is 0 Å². The molecule has 3 heterocycles. The number of carbonyl (C=O) groups is 1. The van der Waals surface area contributed by atoms with Crippen molar-refractivity contribution >= 4 is 5.91 Å². The molecule has 2 aliphatic heterocycles. The van der Waals surface area contributed by atoms with Gasteiger partial charge in [-0.25, -0.2) is 0 Å². The van der Waals surface area contributed by atoms with Gasteiger partial charge in [-0.15, -0.1) is 0 Å². The lowest BCUT2D eigenvalue weighted by atomic mass is 10.0. The third-order valence-electron chi connectivity index (χ3n) is 5.49. The van der Waals surface area contributed by atoms with Gasteiger partial charge in [0.05, 0.1) is 0 Å². The number of amides is 1. The Balaban J connectivity index is 1.50. The Bertz CT molecular complexity index is 728. The average molecular weight is 339 g/mol. The second kappa shape index (κ2) is 7.00. The maximum atomic E-state index is 12.9. The first-order valence-electron chi connectivity index (χ1n) is 9.24. The molecule has 5 nitrogen and oxygen atoms in total. The predicted molar refractivity (Wildman–Crippen MR) is 95.2 cm³/mol. The minimum atomic E-state index is 0.0194. The molecule has 4 rings (SSSR count). The highest BCUT2D eigenvalue weighted by Crippen LogP contribution is 2.32. The van der Waals surface area contributed by atoms with Crippen LogP contribution in [0, 0.1) is 6.92 Å². The first-order chi connectivity index (χ1) is 12.2. The van der Waals surface area contributed by atoms with Gasteiger partial charge in [-0.05, 0) is 44.7 Å². The van der Waals surface area contributed by atoms with Crippen molar-refractivity contribution in [1.29, 1.82) is 0 Å². The number of likely N-dealkylation sites (tertiary alicyclic amines) is 2. The average Bonchev–Trinajstić information content (AvgIpc) is 3.35. The van der Waals surface area contributed by atoms with Gasteiger partial charge < -0.3 is 9.42 Å². The molecular weight excluding hydrogens is 314 g/mol. The predicted octanol–water partition coefficient (Wildman–Crippen LogP) is 3.25. The fraction of sp³-hybridized carbons (Fsp3) is 0.500. The van der Waals surface area contributed by atoms with Gasteiger partial charge in [0.15, 0.2) is 5.69 Å². The van der Waals surface area contributed by atoms with Crippen LogP contribution in [-0.2, 0) is 6.54 Å². The van der Waals surface area contributed by atoms with Gasteiger partial charge in [0, 0.05) is 31.2 Å². The molecule has 1 amide bonds. The molecule has 2 fully saturated rings. The highest BCUT2D eigenvalue weighted by Gasteiger charge is 2.40. The highest BCUT2D eigenvalue weighted by molar-refractivity contribution is 5.92. The van der Waals surface area contributed by atoms with Crippen LogP contribution in [0.4, 0.5) is 0 Å². The summed E-state index contributed by atoms with van der Waals surface area (Å²) >= 11 is 0. The van der Waals surface area contributed by atoms with Crippen molar-refractivity contribution in [2.75, 3.05) is 13.1 Å². The van der Waals surface area contributed by atoms with Crippen molar-refractivity contribution in [3.05, 3.63) is 53.4 Å². The Hall–Kier alpha value is -2.14. The van der Waals surface area contributed by atoms with Crippen molar-refractivity contribution in [2.24, 2.45) is 0 Å². The molecule has 2 atom stereocenters. The fourth-order valence-corrected chi connectivity index (χ4v) is 4.36. The first-order valence-corrected chi connectivity index (χ1v) is 9.24. The second-order valence-corrected chi connectivity index (χ2v) is 7.20. The number of hydrogen-bond donors (Lipinski definition) is 0. The Kier molecular flexibility index (Phi) is 4.57. The summed E-state index contributed by atoms with van der Waals surface area (Å²) in [5.74, 6) is 0.705. The van der Waals surface area contributed by atoms with E-state index < -0.39 is 0 Å². The third-order valence-corrected chi connectivity index (χ3v) is 5.49. The van der Waals surface area contributed by atoms with E-state index in [1.807, 2.05) is 11.8 Å². The van der Waals surface area contributed by atoms with Crippen LogP contribution in [0.2, 0.25) is 0 Å². The molecule has 2 saturated heterocycles. The van der Waals surface area contributed by atoms with Crippen molar-refractivity contribution in [2.45, 2.75) is 51.2 Å². The standard InChI is InChI=1S/C20H25N3O2/c1-15-13-17(21-25-15)20(24)23-12-6-10-19(23)18-9-5-11-22(18)14-16-7-3-2-4-8-16/h2-4,7-8,13,18-19H,5-6,9-12,14H2,1H3. The zero-order valence-electron chi connectivity index (χ0n) is 14.7. The minimum Gasteiger partial charge on any atom is -0.361 e. The highest BCUT2D eigenvalue weighted by atomic mass is 16.5. The Morgan fingerprint density at radius 3 is 2.68 bits per heavy atom. The zero-order chi connectivity index (χ0) is 17.2. The quantitative estimate of drug-likeness (QED) is 0.858. The van der Waals surface area contributed by atoms with Gasteiger partial charge >= 0.3 is 0 Å². The van der Waals surface area contributed by atoms with Crippen molar-refractivity contribution in [3.8, 4) is 0 Å². The van der Waals surface area contributed by atoms with Crippen LogP contribution < -0.4 is 0 Å². The molecular formula is C20H25N3O2. The molecule has 2 aromatic rings. The van der Waals surface area contributed by atoms with E-state index in [0.29, 0.717) is 17.5 Å². The third kappa shape index (κ3) is 3.33. The van der Waals surface area contributed by atoms with Crippen LogP contribution in [0.3, 0.4) is 0 Å². The van der Waals surface area contributed by atoms with E-state index in [0.717, 1.165) is 32.5 Å². The molecule has 0 N–H and O–H groups in total. The SMILES string of the molecule is Cc1cc(C(=O)N2CCCC2C2CCCN2Cc2ccccc2)no1. The Morgan fingerprint density at radius 2 is 1.92 bits per heavy atom. The number of aryl methyl sites for hydroxylation is 1. The maximum Gasteiger partial charge on any atom is 0.276 e. The lowest BCUT2D eigenvalue weighted by molar-refractivity contribution is 0.0629. The van der Waals surface area contributed by atoms with Gasteiger partial charge in [0.2, 0.25) is 0 Å². The van der Waals surface area contributed by atoms with Gasteiger partial charge in [-0.3, -0.25) is 9.69 Å². The summed E-state index contributed by atoms with van der Waals surface area (Å²) in [7, 11) is 0. The molecule has 0 radical (unpaired) electrons. The van der Waals surface area contributed by atoms with Crippen LogP contribution >= 0.6 is 0 Å². The molecule has 5 heteroatoms. The fourth-order valence-electron chi connectivity index (χ4n) is 4.36. The molecule has 2 aliphatic rings. The van der Waals surface area contributed by atoms with E-state index in [1.165, 1.54) is 18.4 Å². The van der Waals surface area contributed by atoms with E-state index in [1.54, 1.807) is 6.07 Å². The van der Waals surface area contributed by atoms with E-state index in [9.17, 15) is 4.79 Å². The Labute approximate surface area is 148 Å². The van der Waals surface area contributed by atoms with Gasteiger partial charge in [0.1, 0.15) is 5.76 Å². The van der Waals surface area contributed by atoms with E-state index in [-0.39, 0.29) is 11.9 Å². The number of carbonyl (C=O) groups excluding carboxylic acids is 1. The largest absolute Gasteiger partial charge is 0.361 e. The van der Waals surface area contributed by atoms with Gasteiger partial charge in [0.25, 0.3) is 5.91 Å². The first kappa shape index (κ1) is 16.3. The van der Waals surface area contributed by atoms with Gasteiger partial charge in [-0.1, -0.05) is 35.5 Å². The monoisotopic (exact) mass is 339 g/mol. The number of rotatable bonds is 4. The molecule has 1 aromatic carbocycles. The lowest BCUT2D eigenvalue weighted by Gasteiger charge is -2.34. The van der Waals surface area contributed by atoms with Crippen molar-refractivity contribution in [3.63, 3.8) is 0 Å². The number of hydrogen-bond acceptors (Lipinski definition) is 4. The smallest absolute Gasteiger partial charge is 0.276 e. The molecule has 0 saturated carbocycles. The number of aromatic nitrogens is 1. The van der Waals surface area contributed by atoms with Crippen LogP contribution in [0.15, 0.2) is 40.9 Å². The molecule has 1 aromatic heterocycles. The molecule has 25 heavy (non-hydrogen) atoms. The number of nitrogens with zero attached hydrogens (tertiary/aromatic N) is 3. The molecule has 132 valence electrons. The molecule has 0 bridgehead atoms. The summed E-state index contributed by atoms with van der Waals surface area (Å²) in [6, 6.07) is 13.1.